The molecule has 0 saturated carbocycles. The van der Waals surface area contributed by atoms with Gasteiger partial charge in [-0.25, -0.2) is 0 Å². The first-order valence-corrected chi connectivity index (χ1v) is 10.3. The summed E-state index contributed by atoms with van der Waals surface area (Å²) in [5.41, 5.74) is 2.66. The molecule has 166 valence electrons. The van der Waals surface area contributed by atoms with Crippen LogP contribution in [-0.2, 0) is 9.59 Å². The lowest BCUT2D eigenvalue weighted by Crippen LogP contribution is -2.27. The van der Waals surface area contributed by atoms with E-state index < -0.39 is 10.9 Å². The summed E-state index contributed by atoms with van der Waals surface area (Å²) in [4.78, 5) is 36.0. The molecule has 8 heteroatoms. The summed E-state index contributed by atoms with van der Waals surface area (Å²) in [6, 6.07) is 18.9. The minimum absolute atomic E-state index is 0.00855. The maximum atomic E-state index is 13.1. The molecule has 0 radical (unpaired) electrons. The second kappa shape index (κ2) is 9.35. The molecule has 8 nitrogen and oxygen atoms in total. The van der Waals surface area contributed by atoms with Gasteiger partial charge in [0.05, 0.1) is 10.6 Å². The number of nitrogens with zero attached hydrogens (tertiary/aromatic N) is 2. The van der Waals surface area contributed by atoms with Crippen LogP contribution in [0.2, 0.25) is 0 Å². The summed E-state index contributed by atoms with van der Waals surface area (Å²) in [5, 5.41) is 19.8. The lowest BCUT2D eigenvalue weighted by Gasteiger charge is -2.20. The van der Waals surface area contributed by atoms with E-state index in [-0.39, 0.29) is 24.6 Å². The molecule has 1 aromatic heterocycles. The average molecular weight is 444 g/mol. The molecular formula is C25H20N2O6. The summed E-state index contributed by atoms with van der Waals surface area (Å²) in [7, 11) is 0. The molecule has 1 aliphatic rings. The van der Waals surface area contributed by atoms with Gasteiger partial charge in [0.2, 0.25) is 0 Å². The predicted molar refractivity (Wildman–Crippen MR) is 122 cm³/mol. The summed E-state index contributed by atoms with van der Waals surface area (Å²) in [5.74, 6) is -0.153. The molecule has 3 aromatic rings. The topological polar surface area (TPSA) is 114 Å². The van der Waals surface area contributed by atoms with E-state index >= 15 is 0 Å². The molecule has 1 amide bonds. The van der Waals surface area contributed by atoms with Gasteiger partial charge in [-0.3, -0.25) is 19.7 Å². The highest BCUT2D eigenvalue weighted by Gasteiger charge is 2.29. The van der Waals surface area contributed by atoms with Gasteiger partial charge in [0.25, 0.3) is 11.6 Å². The standard InChI is InChI=1S/C25H20N2O6/c28-24(29)7-4-14-26-22(17-5-2-1-3-6-17)16-19(25(26)30)15-21-12-13-23(33-21)18-8-10-20(11-9-18)27(31)32/h1-3,5-6,8-13,15-16H,4,7,14H2,(H,28,29). The van der Waals surface area contributed by atoms with E-state index in [0.29, 0.717) is 34.8 Å². The molecule has 0 unspecified atom stereocenters. The fourth-order valence-electron chi connectivity index (χ4n) is 3.60. The highest BCUT2D eigenvalue weighted by atomic mass is 16.6. The number of furan rings is 1. The van der Waals surface area contributed by atoms with Crippen molar-refractivity contribution < 1.29 is 24.0 Å². The summed E-state index contributed by atoms with van der Waals surface area (Å²) in [6.45, 7) is 0.287. The Balaban J connectivity index is 1.60. The summed E-state index contributed by atoms with van der Waals surface area (Å²) < 4.78 is 5.85. The van der Waals surface area contributed by atoms with Gasteiger partial charge in [-0.05, 0) is 48.4 Å². The number of carboxylic acid groups (broad SMARTS) is 1. The van der Waals surface area contributed by atoms with E-state index in [9.17, 15) is 19.7 Å². The minimum atomic E-state index is -0.906. The number of rotatable bonds is 8. The number of non-ortho nitro benzene ring substituents is 1. The average Bonchev–Trinajstić information content (AvgIpc) is 3.40. The Bertz CT molecular complexity index is 1260. The number of carboxylic acids is 1. The third-order valence-corrected chi connectivity index (χ3v) is 5.20. The number of hydrogen-bond acceptors (Lipinski definition) is 5. The van der Waals surface area contributed by atoms with Crippen molar-refractivity contribution >= 4 is 29.3 Å². The van der Waals surface area contributed by atoms with Gasteiger partial charge >= 0.3 is 5.97 Å². The number of carbonyl (C=O) groups is 2. The second-order valence-electron chi connectivity index (χ2n) is 7.46. The molecule has 0 spiro atoms. The zero-order valence-electron chi connectivity index (χ0n) is 17.5. The van der Waals surface area contributed by atoms with Crippen molar-refractivity contribution in [2.24, 2.45) is 0 Å². The first kappa shape index (κ1) is 21.8. The number of nitro benzene ring substituents is 1. The number of hydrogen-bond donors (Lipinski definition) is 1. The molecule has 33 heavy (non-hydrogen) atoms. The van der Waals surface area contributed by atoms with Crippen molar-refractivity contribution in [1.29, 1.82) is 0 Å². The highest BCUT2D eigenvalue weighted by Crippen LogP contribution is 2.32. The van der Waals surface area contributed by atoms with Gasteiger partial charge < -0.3 is 14.4 Å². The summed E-state index contributed by atoms with van der Waals surface area (Å²) in [6.07, 6.45) is 3.72. The van der Waals surface area contributed by atoms with Crippen LogP contribution in [0.25, 0.3) is 23.1 Å². The largest absolute Gasteiger partial charge is 0.481 e. The van der Waals surface area contributed by atoms with Gasteiger partial charge in [-0.1, -0.05) is 30.3 Å². The Kier molecular flexibility index (Phi) is 6.17. The lowest BCUT2D eigenvalue weighted by atomic mass is 10.1. The molecule has 4 rings (SSSR count). The van der Waals surface area contributed by atoms with Crippen LogP contribution in [0.5, 0.6) is 0 Å². The lowest BCUT2D eigenvalue weighted by molar-refractivity contribution is -0.384. The Morgan fingerprint density at radius 3 is 2.42 bits per heavy atom. The van der Waals surface area contributed by atoms with Crippen molar-refractivity contribution in [1.82, 2.24) is 4.90 Å². The smallest absolute Gasteiger partial charge is 0.303 e. The molecule has 0 bridgehead atoms. The molecule has 2 aromatic carbocycles. The van der Waals surface area contributed by atoms with Crippen LogP contribution < -0.4 is 0 Å². The van der Waals surface area contributed by atoms with Crippen molar-refractivity contribution in [3.05, 3.63) is 99.8 Å². The van der Waals surface area contributed by atoms with Crippen molar-refractivity contribution in [3.8, 4) is 11.3 Å². The number of aliphatic carboxylic acids is 1. The molecule has 0 saturated heterocycles. The first-order valence-electron chi connectivity index (χ1n) is 10.3. The van der Waals surface area contributed by atoms with Crippen molar-refractivity contribution in [3.63, 3.8) is 0 Å². The molecule has 0 atom stereocenters. The fourth-order valence-corrected chi connectivity index (χ4v) is 3.60. The van der Waals surface area contributed by atoms with E-state index in [0.717, 1.165) is 5.56 Å². The van der Waals surface area contributed by atoms with Crippen LogP contribution in [-0.4, -0.2) is 33.4 Å². The maximum Gasteiger partial charge on any atom is 0.303 e. The molecule has 2 heterocycles. The Labute approximate surface area is 189 Å². The third-order valence-electron chi connectivity index (χ3n) is 5.20. The van der Waals surface area contributed by atoms with Crippen molar-refractivity contribution in [2.75, 3.05) is 6.54 Å². The molecule has 0 fully saturated rings. The van der Waals surface area contributed by atoms with E-state index in [4.69, 9.17) is 9.52 Å². The predicted octanol–water partition coefficient (Wildman–Crippen LogP) is 4.99. The van der Waals surface area contributed by atoms with Gasteiger partial charge in [0.15, 0.2) is 0 Å². The monoisotopic (exact) mass is 444 g/mol. The highest BCUT2D eigenvalue weighted by molar-refractivity contribution is 6.10. The van der Waals surface area contributed by atoms with Crippen LogP contribution in [0.15, 0.2) is 82.8 Å². The first-order chi connectivity index (χ1) is 15.9. The molecule has 0 aliphatic carbocycles. The molecule has 1 aliphatic heterocycles. The van der Waals surface area contributed by atoms with Crippen LogP contribution >= 0.6 is 0 Å². The molecule has 1 N–H and O–H groups in total. The maximum absolute atomic E-state index is 13.1. The Morgan fingerprint density at radius 1 is 1.03 bits per heavy atom. The van der Waals surface area contributed by atoms with Crippen molar-refractivity contribution in [2.45, 2.75) is 12.8 Å². The zero-order valence-corrected chi connectivity index (χ0v) is 17.5. The Hall–Kier alpha value is -4.46. The van der Waals surface area contributed by atoms with Gasteiger partial charge in [-0.15, -0.1) is 0 Å². The zero-order chi connectivity index (χ0) is 23.4. The van der Waals surface area contributed by atoms with Gasteiger partial charge in [0, 0.05) is 36.2 Å². The number of carbonyl (C=O) groups excluding carboxylic acids is 1. The van der Waals surface area contributed by atoms with Crippen LogP contribution in [0, 0.1) is 10.1 Å². The number of benzene rings is 2. The minimum Gasteiger partial charge on any atom is -0.481 e. The van der Waals surface area contributed by atoms with Crippen LogP contribution in [0.1, 0.15) is 24.2 Å². The quantitative estimate of drug-likeness (QED) is 0.298. The Morgan fingerprint density at radius 2 is 1.76 bits per heavy atom. The summed E-state index contributed by atoms with van der Waals surface area (Å²) >= 11 is 0. The van der Waals surface area contributed by atoms with E-state index in [1.807, 2.05) is 30.3 Å². The number of amides is 1. The van der Waals surface area contributed by atoms with Crippen LogP contribution in [0.3, 0.4) is 0 Å². The normalized spacial score (nSPS) is 14.5. The SMILES string of the molecule is O=C(O)CCCN1C(=O)C(=Cc2ccc(-c3ccc([N+](=O)[O-])cc3)o2)C=C1c1ccccc1. The van der Waals surface area contributed by atoms with E-state index in [2.05, 4.69) is 0 Å². The van der Waals surface area contributed by atoms with Gasteiger partial charge in [-0.2, -0.15) is 0 Å². The van der Waals surface area contributed by atoms with E-state index in [1.54, 1.807) is 41.3 Å². The van der Waals surface area contributed by atoms with Crippen LogP contribution in [0.4, 0.5) is 5.69 Å². The fraction of sp³-hybridized carbons (Fsp3) is 0.120. The van der Waals surface area contributed by atoms with Gasteiger partial charge in [0.1, 0.15) is 11.5 Å². The molecular weight excluding hydrogens is 424 g/mol. The van der Waals surface area contributed by atoms with E-state index in [1.165, 1.54) is 12.1 Å². The second-order valence-corrected chi connectivity index (χ2v) is 7.46. The number of nitro groups is 1. The third kappa shape index (κ3) is 4.90.